The number of benzene rings is 3. The van der Waals surface area contributed by atoms with Crippen LogP contribution >= 0.6 is 11.8 Å². The van der Waals surface area contributed by atoms with Crippen molar-refractivity contribution in [2.75, 3.05) is 0 Å². The average Bonchev–Trinajstić information content (AvgIpc) is 3.21. The first-order valence-corrected chi connectivity index (χ1v) is 11.2. The average molecular weight is 445 g/mol. The highest BCUT2D eigenvalue weighted by molar-refractivity contribution is 7.98. The third kappa shape index (κ3) is 4.84. The maximum Gasteiger partial charge on any atom is 0.248 e. The quantitative estimate of drug-likeness (QED) is 0.393. The van der Waals surface area contributed by atoms with Crippen LogP contribution in [0.1, 0.15) is 32.9 Å². The molecule has 0 radical (unpaired) electrons. The molecule has 0 atom stereocenters. The standard InChI is InChI=1S/C25H24N4O2S/c1-17-8-6-9-18(2)23(17)31-15-22-27-28-25(29(22)21-12-4-3-5-13-21)32-16-19-10-7-11-20(14-19)24(26)30/h3-14H,15-16H2,1-2H3,(H2,26,30). The molecule has 1 heterocycles. The molecule has 4 rings (SSSR count). The van der Waals surface area contributed by atoms with E-state index in [2.05, 4.69) is 10.2 Å². The molecule has 0 saturated carbocycles. The molecule has 162 valence electrons. The van der Waals surface area contributed by atoms with Crippen molar-refractivity contribution in [2.45, 2.75) is 31.4 Å². The Morgan fingerprint density at radius 1 is 0.969 bits per heavy atom. The summed E-state index contributed by atoms with van der Waals surface area (Å²) in [6.45, 7) is 4.36. The zero-order valence-electron chi connectivity index (χ0n) is 18.0. The Morgan fingerprint density at radius 2 is 1.69 bits per heavy atom. The summed E-state index contributed by atoms with van der Waals surface area (Å²) in [6.07, 6.45) is 0. The lowest BCUT2D eigenvalue weighted by Gasteiger charge is -2.13. The second kappa shape index (κ2) is 9.70. The summed E-state index contributed by atoms with van der Waals surface area (Å²) < 4.78 is 8.16. The number of carbonyl (C=O) groups excluding carboxylic acids is 1. The molecule has 0 unspecified atom stereocenters. The van der Waals surface area contributed by atoms with Crippen LogP contribution < -0.4 is 10.5 Å². The number of rotatable bonds is 8. The number of primary amides is 1. The van der Waals surface area contributed by atoms with E-state index in [1.807, 2.05) is 85.1 Å². The van der Waals surface area contributed by atoms with Gasteiger partial charge in [0.1, 0.15) is 12.4 Å². The fourth-order valence-electron chi connectivity index (χ4n) is 3.45. The van der Waals surface area contributed by atoms with E-state index in [1.54, 1.807) is 17.8 Å². The molecule has 1 amide bonds. The van der Waals surface area contributed by atoms with Gasteiger partial charge in [-0.05, 0) is 54.8 Å². The highest BCUT2D eigenvalue weighted by atomic mass is 32.2. The summed E-state index contributed by atoms with van der Waals surface area (Å²) in [6, 6.07) is 23.4. The van der Waals surface area contributed by atoms with Crippen molar-refractivity contribution in [2.24, 2.45) is 5.73 Å². The van der Waals surface area contributed by atoms with Crippen molar-refractivity contribution >= 4 is 17.7 Å². The zero-order valence-corrected chi connectivity index (χ0v) is 18.8. The van der Waals surface area contributed by atoms with Crippen LogP contribution in [-0.2, 0) is 12.4 Å². The lowest BCUT2D eigenvalue weighted by Crippen LogP contribution is -2.10. The third-order valence-electron chi connectivity index (χ3n) is 5.05. The van der Waals surface area contributed by atoms with Crippen LogP contribution in [0.5, 0.6) is 5.75 Å². The Balaban J connectivity index is 1.60. The number of nitrogens with zero attached hydrogens (tertiary/aromatic N) is 3. The number of hydrogen-bond acceptors (Lipinski definition) is 5. The van der Waals surface area contributed by atoms with Gasteiger partial charge in [-0.1, -0.05) is 60.3 Å². The first kappa shape index (κ1) is 21.6. The Hall–Kier alpha value is -3.58. The number of para-hydroxylation sites is 2. The van der Waals surface area contributed by atoms with Crippen molar-refractivity contribution < 1.29 is 9.53 Å². The summed E-state index contributed by atoms with van der Waals surface area (Å²) in [5.74, 6) is 1.78. The van der Waals surface area contributed by atoms with E-state index in [4.69, 9.17) is 10.5 Å². The van der Waals surface area contributed by atoms with Crippen molar-refractivity contribution in [1.29, 1.82) is 0 Å². The number of nitrogens with two attached hydrogens (primary N) is 1. The van der Waals surface area contributed by atoms with Crippen LogP contribution in [0.4, 0.5) is 0 Å². The summed E-state index contributed by atoms with van der Waals surface area (Å²) in [4.78, 5) is 11.5. The Bertz CT molecular complexity index is 1220. The number of hydrogen-bond donors (Lipinski definition) is 1. The number of ether oxygens (including phenoxy) is 1. The molecule has 0 spiro atoms. The third-order valence-corrected chi connectivity index (χ3v) is 6.05. The fourth-order valence-corrected chi connectivity index (χ4v) is 4.36. The number of aromatic nitrogens is 3. The molecule has 3 aromatic carbocycles. The van der Waals surface area contributed by atoms with Crippen LogP contribution in [0.25, 0.3) is 5.69 Å². The monoisotopic (exact) mass is 444 g/mol. The molecule has 0 aliphatic heterocycles. The maximum absolute atomic E-state index is 11.5. The largest absolute Gasteiger partial charge is 0.485 e. The van der Waals surface area contributed by atoms with Gasteiger partial charge in [-0.2, -0.15) is 0 Å². The van der Waals surface area contributed by atoms with Gasteiger partial charge in [0, 0.05) is 17.0 Å². The minimum Gasteiger partial charge on any atom is -0.485 e. The van der Waals surface area contributed by atoms with Gasteiger partial charge in [0.2, 0.25) is 5.91 Å². The second-order valence-electron chi connectivity index (χ2n) is 7.43. The summed E-state index contributed by atoms with van der Waals surface area (Å²) in [5.41, 5.74) is 10.0. The van der Waals surface area contributed by atoms with E-state index in [1.165, 1.54) is 0 Å². The van der Waals surface area contributed by atoms with Gasteiger partial charge in [-0.25, -0.2) is 0 Å². The zero-order chi connectivity index (χ0) is 22.5. The molecule has 0 fully saturated rings. The first-order chi connectivity index (χ1) is 15.5. The molecular formula is C25H24N4O2S. The SMILES string of the molecule is Cc1cccc(C)c1OCc1nnc(SCc2cccc(C(N)=O)c2)n1-c1ccccc1. The molecule has 6 nitrogen and oxygen atoms in total. The lowest BCUT2D eigenvalue weighted by molar-refractivity contribution is 0.1000. The number of thioether (sulfide) groups is 1. The Morgan fingerprint density at radius 3 is 2.41 bits per heavy atom. The van der Waals surface area contributed by atoms with Gasteiger partial charge in [0.05, 0.1) is 0 Å². The molecule has 0 aliphatic carbocycles. The Labute approximate surface area is 191 Å². The van der Waals surface area contributed by atoms with Crippen molar-refractivity contribution in [3.05, 3.63) is 101 Å². The lowest BCUT2D eigenvalue weighted by atomic mass is 10.1. The van der Waals surface area contributed by atoms with Crippen LogP contribution in [0.3, 0.4) is 0 Å². The van der Waals surface area contributed by atoms with Crippen LogP contribution in [0.15, 0.2) is 78.0 Å². The maximum atomic E-state index is 11.5. The topological polar surface area (TPSA) is 83.0 Å². The molecule has 4 aromatic rings. The van der Waals surface area contributed by atoms with Crippen molar-refractivity contribution in [3.63, 3.8) is 0 Å². The number of aryl methyl sites for hydroxylation is 2. The predicted octanol–water partition coefficient (Wildman–Crippen LogP) is 4.85. The van der Waals surface area contributed by atoms with Gasteiger partial charge < -0.3 is 10.5 Å². The molecule has 0 aliphatic rings. The van der Waals surface area contributed by atoms with Crippen molar-refractivity contribution in [1.82, 2.24) is 14.8 Å². The van der Waals surface area contributed by atoms with Gasteiger partial charge >= 0.3 is 0 Å². The fraction of sp³-hybridized carbons (Fsp3) is 0.160. The van der Waals surface area contributed by atoms with E-state index >= 15 is 0 Å². The minimum atomic E-state index is -0.435. The van der Waals surface area contributed by atoms with Gasteiger partial charge in [-0.3, -0.25) is 9.36 Å². The van der Waals surface area contributed by atoms with Crippen LogP contribution in [-0.4, -0.2) is 20.7 Å². The number of carbonyl (C=O) groups is 1. The minimum absolute atomic E-state index is 0.297. The summed E-state index contributed by atoms with van der Waals surface area (Å²) in [7, 11) is 0. The second-order valence-corrected chi connectivity index (χ2v) is 8.38. The predicted molar refractivity (Wildman–Crippen MR) is 126 cm³/mol. The summed E-state index contributed by atoms with van der Waals surface area (Å²) >= 11 is 1.55. The molecule has 0 saturated heterocycles. The van der Waals surface area contributed by atoms with Crippen LogP contribution in [0, 0.1) is 13.8 Å². The van der Waals surface area contributed by atoms with E-state index in [0.29, 0.717) is 23.7 Å². The molecule has 0 bridgehead atoms. The van der Waals surface area contributed by atoms with Crippen molar-refractivity contribution in [3.8, 4) is 11.4 Å². The summed E-state index contributed by atoms with van der Waals surface area (Å²) in [5, 5.41) is 9.60. The smallest absolute Gasteiger partial charge is 0.248 e. The molecule has 32 heavy (non-hydrogen) atoms. The molecular weight excluding hydrogens is 420 g/mol. The molecule has 1 aromatic heterocycles. The highest BCUT2D eigenvalue weighted by Crippen LogP contribution is 2.27. The first-order valence-electron chi connectivity index (χ1n) is 10.2. The van der Waals surface area contributed by atoms with E-state index < -0.39 is 5.91 Å². The van der Waals surface area contributed by atoms with E-state index in [9.17, 15) is 4.79 Å². The molecule has 7 heteroatoms. The Kier molecular flexibility index (Phi) is 6.56. The van der Waals surface area contributed by atoms with Gasteiger partial charge in [0.25, 0.3) is 0 Å². The molecule has 2 N–H and O–H groups in total. The van der Waals surface area contributed by atoms with E-state index in [0.717, 1.165) is 33.3 Å². The highest BCUT2D eigenvalue weighted by Gasteiger charge is 2.16. The van der Waals surface area contributed by atoms with Gasteiger partial charge in [0.15, 0.2) is 11.0 Å². The van der Waals surface area contributed by atoms with Crippen LogP contribution in [0.2, 0.25) is 0 Å². The normalized spacial score (nSPS) is 10.8. The number of amides is 1. The van der Waals surface area contributed by atoms with E-state index in [-0.39, 0.29) is 0 Å². The van der Waals surface area contributed by atoms with Gasteiger partial charge in [-0.15, -0.1) is 10.2 Å².